The number of imidazole rings is 1. The molecule has 6 heteroatoms. The third-order valence-electron chi connectivity index (χ3n) is 1.88. The smallest absolute Gasteiger partial charge is 0.337 e. The molecular weight excluding hydrogens is 186 g/mol. The van der Waals surface area contributed by atoms with Crippen LogP contribution in [-0.4, -0.2) is 21.0 Å². The number of fused-ring (bicyclic) bond motifs is 1. The van der Waals surface area contributed by atoms with Gasteiger partial charge in [-0.05, 0) is 12.1 Å². The zero-order chi connectivity index (χ0) is 10.3. The maximum atomic E-state index is 10.9. The highest BCUT2D eigenvalue weighted by molar-refractivity contribution is 6.02. The molecule has 0 saturated heterocycles. The third kappa shape index (κ3) is 1.13. The van der Waals surface area contributed by atoms with Gasteiger partial charge in [-0.2, -0.15) is 0 Å². The molecule has 1 heterocycles. The van der Waals surface area contributed by atoms with Gasteiger partial charge >= 0.3 is 11.7 Å². The molecule has 14 heavy (non-hydrogen) atoms. The van der Waals surface area contributed by atoms with Crippen LogP contribution in [-0.2, 0) is 0 Å². The lowest BCUT2D eigenvalue weighted by atomic mass is 10.1. The van der Waals surface area contributed by atoms with Gasteiger partial charge in [-0.15, -0.1) is 0 Å². The predicted molar refractivity (Wildman–Crippen MR) is 50.3 cm³/mol. The fourth-order valence-corrected chi connectivity index (χ4v) is 1.33. The third-order valence-corrected chi connectivity index (χ3v) is 1.88. The molecule has 5 N–H and O–H groups in total. The number of hydrogen-bond donors (Lipinski definition) is 4. The van der Waals surface area contributed by atoms with Gasteiger partial charge in [-0.1, -0.05) is 0 Å². The summed E-state index contributed by atoms with van der Waals surface area (Å²) in [5, 5.41) is 8.83. The average molecular weight is 193 g/mol. The highest BCUT2D eigenvalue weighted by Gasteiger charge is 2.11. The summed E-state index contributed by atoms with van der Waals surface area (Å²) >= 11 is 0. The SMILES string of the molecule is Nc1cc(C(=O)O)c2[nH]c(=O)[nH]c2c1. The van der Waals surface area contributed by atoms with Gasteiger partial charge in [0.15, 0.2) is 0 Å². The number of aromatic carboxylic acids is 1. The summed E-state index contributed by atoms with van der Waals surface area (Å²) in [6, 6.07) is 2.80. The van der Waals surface area contributed by atoms with Gasteiger partial charge < -0.3 is 20.8 Å². The summed E-state index contributed by atoms with van der Waals surface area (Å²) in [7, 11) is 0. The van der Waals surface area contributed by atoms with E-state index in [-0.39, 0.29) is 11.1 Å². The van der Waals surface area contributed by atoms with E-state index in [1.54, 1.807) is 0 Å². The lowest BCUT2D eigenvalue weighted by Crippen LogP contribution is -2.01. The van der Waals surface area contributed by atoms with Crippen LogP contribution in [0, 0.1) is 0 Å². The number of hydrogen-bond acceptors (Lipinski definition) is 3. The Morgan fingerprint density at radius 2 is 2.07 bits per heavy atom. The van der Waals surface area contributed by atoms with Crippen LogP contribution in [0.15, 0.2) is 16.9 Å². The normalized spacial score (nSPS) is 10.6. The molecule has 2 rings (SSSR count). The maximum Gasteiger partial charge on any atom is 0.337 e. The molecule has 0 radical (unpaired) electrons. The quantitative estimate of drug-likeness (QED) is 0.482. The highest BCUT2D eigenvalue weighted by Crippen LogP contribution is 2.17. The number of aromatic amines is 2. The predicted octanol–water partition coefficient (Wildman–Crippen LogP) is 0.137. The van der Waals surface area contributed by atoms with Crippen LogP contribution in [0.1, 0.15) is 10.4 Å². The number of carboxylic acid groups (broad SMARTS) is 1. The Morgan fingerprint density at radius 1 is 1.36 bits per heavy atom. The molecule has 0 fully saturated rings. The molecule has 0 aliphatic heterocycles. The Morgan fingerprint density at radius 3 is 2.71 bits per heavy atom. The lowest BCUT2D eigenvalue weighted by Gasteiger charge is -1.98. The Labute approximate surface area is 77.4 Å². The van der Waals surface area contributed by atoms with E-state index in [2.05, 4.69) is 9.97 Å². The zero-order valence-corrected chi connectivity index (χ0v) is 7.00. The fourth-order valence-electron chi connectivity index (χ4n) is 1.33. The summed E-state index contributed by atoms with van der Waals surface area (Å²) in [5.41, 5.74) is 5.96. The summed E-state index contributed by atoms with van der Waals surface area (Å²) in [6.45, 7) is 0. The van der Waals surface area contributed by atoms with Crippen molar-refractivity contribution in [2.75, 3.05) is 5.73 Å². The van der Waals surface area contributed by atoms with Crippen LogP contribution in [0.4, 0.5) is 5.69 Å². The number of nitrogens with two attached hydrogens (primary N) is 1. The minimum absolute atomic E-state index is 0.0154. The second-order valence-electron chi connectivity index (χ2n) is 2.88. The largest absolute Gasteiger partial charge is 0.478 e. The molecule has 0 unspecified atom stereocenters. The lowest BCUT2D eigenvalue weighted by molar-refractivity contribution is 0.0699. The van der Waals surface area contributed by atoms with E-state index >= 15 is 0 Å². The van der Waals surface area contributed by atoms with Gasteiger partial charge in [0.2, 0.25) is 0 Å². The van der Waals surface area contributed by atoms with Crippen LogP contribution in [0.2, 0.25) is 0 Å². The van der Waals surface area contributed by atoms with Gasteiger partial charge in [0.05, 0.1) is 16.6 Å². The minimum Gasteiger partial charge on any atom is -0.478 e. The number of anilines is 1. The van der Waals surface area contributed by atoms with Crippen LogP contribution >= 0.6 is 0 Å². The summed E-state index contributed by atoms with van der Waals surface area (Å²) in [6.07, 6.45) is 0. The molecule has 0 bridgehead atoms. The molecule has 0 saturated carbocycles. The van der Waals surface area contributed by atoms with Gasteiger partial charge in [-0.3, -0.25) is 0 Å². The molecule has 0 aliphatic rings. The summed E-state index contributed by atoms with van der Waals surface area (Å²) in [4.78, 5) is 26.5. The van der Waals surface area contributed by atoms with Crippen molar-refractivity contribution in [3.8, 4) is 0 Å². The molecule has 2 aromatic rings. The zero-order valence-electron chi connectivity index (χ0n) is 7.00. The first-order valence-electron chi connectivity index (χ1n) is 3.83. The van der Waals surface area contributed by atoms with Crippen molar-refractivity contribution in [2.24, 2.45) is 0 Å². The molecular formula is C8H7N3O3. The maximum absolute atomic E-state index is 10.9. The van der Waals surface area contributed by atoms with Crippen molar-refractivity contribution in [2.45, 2.75) is 0 Å². The highest BCUT2D eigenvalue weighted by atomic mass is 16.4. The first kappa shape index (κ1) is 8.36. The second-order valence-corrected chi connectivity index (χ2v) is 2.88. The Balaban J connectivity index is 2.92. The Kier molecular flexibility index (Phi) is 1.57. The molecule has 0 atom stereocenters. The van der Waals surface area contributed by atoms with E-state index in [1.807, 2.05) is 0 Å². The van der Waals surface area contributed by atoms with Gasteiger partial charge in [-0.25, -0.2) is 9.59 Å². The molecule has 1 aromatic carbocycles. The van der Waals surface area contributed by atoms with E-state index in [4.69, 9.17) is 10.8 Å². The second kappa shape index (κ2) is 2.63. The first-order chi connectivity index (χ1) is 6.58. The number of carbonyl (C=O) groups is 1. The van der Waals surface area contributed by atoms with E-state index in [9.17, 15) is 9.59 Å². The van der Waals surface area contributed by atoms with E-state index in [0.29, 0.717) is 11.2 Å². The van der Waals surface area contributed by atoms with Crippen molar-refractivity contribution < 1.29 is 9.90 Å². The van der Waals surface area contributed by atoms with Crippen molar-refractivity contribution >= 4 is 22.7 Å². The summed E-state index contributed by atoms with van der Waals surface area (Å²) in [5.74, 6) is -1.13. The molecule has 6 nitrogen and oxygen atoms in total. The number of nitrogen functional groups attached to an aromatic ring is 1. The topological polar surface area (TPSA) is 112 Å². The molecule has 0 amide bonds. The monoisotopic (exact) mass is 193 g/mol. The van der Waals surface area contributed by atoms with Crippen molar-refractivity contribution in [3.05, 3.63) is 28.2 Å². The summed E-state index contributed by atoms with van der Waals surface area (Å²) < 4.78 is 0. The number of nitrogens with one attached hydrogen (secondary N) is 2. The number of H-pyrrole nitrogens is 2. The van der Waals surface area contributed by atoms with Crippen LogP contribution < -0.4 is 11.4 Å². The Bertz CT molecular complexity index is 567. The standard InChI is InChI=1S/C8H7N3O3/c9-3-1-4(7(12)13)6-5(2-3)10-8(14)11-6/h1-2H,9H2,(H,12,13)(H2,10,11,14). The van der Waals surface area contributed by atoms with Crippen LogP contribution in [0.25, 0.3) is 11.0 Å². The fraction of sp³-hybridized carbons (Fsp3) is 0. The molecule has 0 aliphatic carbocycles. The molecule has 0 spiro atoms. The Hall–Kier alpha value is -2.24. The van der Waals surface area contributed by atoms with Crippen molar-refractivity contribution in [1.29, 1.82) is 0 Å². The van der Waals surface area contributed by atoms with Crippen LogP contribution in [0.5, 0.6) is 0 Å². The minimum atomic E-state index is -1.13. The van der Waals surface area contributed by atoms with E-state index < -0.39 is 11.7 Å². The number of aromatic nitrogens is 2. The van der Waals surface area contributed by atoms with Gasteiger partial charge in [0.25, 0.3) is 0 Å². The van der Waals surface area contributed by atoms with Gasteiger partial charge in [0, 0.05) is 5.69 Å². The van der Waals surface area contributed by atoms with Gasteiger partial charge in [0.1, 0.15) is 0 Å². The number of rotatable bonds is 1. The average Bonchev–Trinajstić information content (AvgIpc) is 2.42. The van der Waals surface area contributed by atoms with Crippen molar-refractivity contribution in [3.63, 3.8) is 0 Å². The van der Waals surface area contributed by atoms with Crippen molar-refractivity contribution in [1.82, 2.24) is 9.97 Å². The number of carboxylic acids is 1. The molecule has 1 aromatic heterocycles. The van der Waals surface area contributed by atoms with E-state index in [0.717, 1.165) is 0 Å². The molecule has 72 valence electrons. The van der Waals surface area contributed by atoms with Crippen LogP contribution in [0.3, 0.4) is 0 Å². The van der Waals surface area contributed by atoms with E-state index in [1.165, 1.54) is 12.1 Å². The number of benzene rings is 1. The first-order valence-corrected chi connectivity index (χ1v) is 3.83.